The van der Waals surface area contributed by atoms with Crippen LogP contribution in [0.3, 0.4) is 0 Å². The minimum absolute atomic E-state index is 0.0681. The highest BCUT2D eigenvalue weighted by Gasteiger charge is 2.26. The summed E-state index contributed by atoms with van der Waals surface area (Å²) < 4.78 is 22.5. The van der Waals surface area contributed by atoms with E-state index in [4.69, 9.17) is 18.9 Å². The lowest BCUT2D eigenvalue weighted by molar-refractivity contribution is 0.122. The molecule has 2 aliphatic rings. The van der Waals surface area contributed by atoms with Gasteiger partial charge in [-0.15, -0.1) is 0 Å². The van der Waals surface area contributed by atoms with Crippen LogP contribution in [0.1, 0.15) is 23.1 Å². The van der Waals surface area contributed by atoms with Crippen LogP contribution in [0.25, 0.3) is 11.1 Å². The van der Waals surface area contributed by atoms with Crippen LogP contribution in [0.2, 0.25) is 0 Å². The van der Waals surface area contributed by atoms with Gasteiger partial charge in [0.15, 0.2) is 11.5 Å². The second-order valence-electron chi connectivity index (χ2n) is 7.76. The van der Waals surface area contributed by atoms with Crippen molar-refractivity contribution in [3.05, 3.63) is 45.1 Å². The van der Waals surface area contributed by atoms with Crippen LogP contribution < -0.4 is 24.5 Å². The van der Waals surface area contributed by atoms with Gasteiger partial charge in [0, 0.05) is 18.7 Å². The van der Waals surface area contributed by atoms with Crippen molar-refractivity contribution < 1.29 is 18.9 Å². The molecule has 4 rings (SSSR count). The molecular weight excluding hydrogens is 382 g/mol. The van der Waals surface area contributed by atoms with Gasteiger partial charge in [-0.2, -0.15) is 0 Å². The molecule has 1 aliphatic heterocycles. The van der Waals surface area contributed by atoms with Crippen molar-refractivity contribution in [3.63, 3.8) is 0 Å². The fourth-order valence-corrected chi connectivity index (χ4v) is 4.68. The van der Waals surface area contributed by atoms with Crippen molar-refractivity contribution in [1.29, 1.82) is 0 Å². The molecule has 6 nitrogen and oxygen atoms in total. The smallest absolute Gasteiger partial charge is 0.203 e. The Morgan fingerprint density at radius 2 is 1.60 bits per heavy atom. The summed E-state index contributed by atoms with van der Waals surface area (Å²) in [6, 6.07) is 5.99. The number of methoxy groups -OCH3 is 3. The predicted octanol–water partition coefficient (Wildman–Crippen LogP) is 3.37. The van der Waals surface area contributed by atoms with E-state index in [9.17, 15) is 4.79 Å². The van der Waals surface area contributed by atoms with Crippen LogP contribution in [0.4, 0.5) is 5.69 Å². The Hall–Kier alpha value is -2.73. The maximum absolute atomic E-state index is 13.3. The molecule has 160 valence electrons. The molecule has 0 atom stereocenters. The SMILES string of the molecule is COc1cc2c(c(OC)c1OC)-c1cc(C)c(N3CCOCC3)c(=O)cc1CCC2. The molecule has 0 radical (unpaired) electrons. The lowest BCUT2D eigenvalue weighted by Gasteiger charge is -2.28. The molecule has 0 aromatic heterocycles. The molecule has 0 saturated carbocycles. The second-order valence-corrected chi connectivity index (χ2v) is 7.76. The maximum Gasteiger partial charge on any atom is 0.203 e. The minimum Gasteiger partial charge on any atom is -0.493 e. The zero-order valence-electron chi connectivity index (χ0n) is 18.2. The highest BCUT2D eigenvalue weighted by atomic mass is 16.5. The van der Waals surface area contributed by atoms with Gasteiger partial charge in [0.05, 0.1) is 40.2 Å². The Bertz CT molecular complexity index is 1010. The third-order valence-corrected chi connectivity index (χ3v) is 6.02. The minimum atomic E-state index is 0.0681. The Morgan fingerprint density at radius 1 is 0.900 bits per heavy atom. The average molecular weight is 411 g/mol. The van der Waals surface area contributed by atoms with Gasteiger partial charge in [-0.05, 0) is 66.6 Å². The van der Waals surface area contributed by atoms with Crippen LogP contribution in [-0.4, -0.2) is 47.6 Å². The van der Waals surface area contributed by atoms with Crippen molar-refractivity contribution in [2.75, 3.05) is 52.5 Å². The number of fused-ring (bicyclic) bond motifs is 3. The summed E-state index contributed by atoms with van der Waals surface area (Å²) >= 11 is 0. The van der Waals surface area contributed by atoms with Crippen molar-refractivity contribution in [2.24, 2.45) is 0 Å². The number of hydrogen-bond acceptors (Lipinski definition) is 6. The molecule has 1 fully saturated rings. The molecule has 2 aromatic rings. The van der Waals surface area contributed by atoms with Crippen LogP contribution in [0, 0.1) is 6.92 Å². The number of hydrogen-bond donors (Lipinski definition) is 0. The highest BCUT2D eigenvalue weighted by molar-refractivity contribution is 5.83. The third-order valence-electron chi connectivity index (χ3n) is 6.02. The Balaban J connectivity index is 2.00. The van der Waals surface area contributed by atoms with Crippen LogP contribution >= 0.6 is 0 Å². The maximum atomic E-state index is 13.3. The zero-order valence-corrected chi connectivity index (χ0v) is 18.2. The van der Waals surface area contributed by atoms with E-state index in [2.05, 4.69) is 11.0 Å². The first-order valence-electron chi connectivity index (χ1n) is 10.4. The quantitative estimate of drug-likeness (QED) is 0.769. The van der Waals surface area contributed by atoms with Crippen LogP contribution in [-0.2, 0) is 17.6 Å². The molecule has 0 amide bonds. The van der Waals surface area contributed by atoms with Gasteiger partial charge in [0.1, 0.15) is 0 Å². The van der Waals surface area contributed by atoms with Crippen molar-refractivity contribution >= 4 is 5.69 Å². The molecule has 1 saturated heterocycles. The fourth-order valence-electron chi connectivity index (χ4n) is 4.68. The van der Waals surface area contributed by atoms with Crippen molar-refractivity contribution in [2.45, 2.75) is 26.2 Å². The highest BCUT2D eigenvalue weighted by Crippen LogP contribution is 2.49. The van der Waals surface area contributed by atoms with Gasteiger partial charge in [-0.25, -0.2) is 0 Å². The summed E-state index contributed by atoms with van der Waals surface area (Å²) in [6.45, 7) is 4.77. The Labute approximate surface area is 177 Å². The van der Waals surface area contributed by atoms with Gasteiger partial charge < -0.3 is 23.8 Å². The number of nitrogens with zero attached hydrogens (tertiary/aromatic N) is 1. The molecule has 1 aliphatic carbocycles. The van der Waals surface area contributed by atoms with E-state index in [-0.39, 0.29) is 5.43 Å². The van der Waals surface area contributed by atoms with Gasteiger partial charge in [0.2, 0.25) is 11.2 Å². The first kappa shape index (κ1) is 20.5. The number of rotatable bonds is 4. The van der Waals surface area contributed by atoms with Gasteiger partial charge in [-0.3, -0.25) is 4.79 Å². The monoisotopic (exact) mass is 411 g/mol. The van der Waals surface area contributed by atoms with E-state index >= 15 is 0 Å². The molecule has 2 aromatic carbocycles. The lowest BCUT2D eigenvalue weighted by atomic mass is 9.95. The second kappa shape index (κ2) is 8.56. The first-order valence-corrected chi connectivity index (χ1v) is 10.4. The summed E-state index contributed by atoms with van der Waals surface area (Å²) in [4.78, 5) is 15.4. The van der Waals surface area contributed by atoms with Crippen LogP contribution in [0.15, 0.2) is 23.0 Å². The lowest BCUT2D eigenvalue weighted by Crippen LogP contribution is -2.38. The van der Waals surface area contributed by atoms with Crippen molar-refractivity contribution in [1.82, 2.24) is 0 Å². The molecule has 30 heavy (non-hydrogen) atoms. The topological polar surface area (TPSA) is 57.2 Å². The van der Waals surface area contributed by atoms with E-state index < -0.39 is 0 Å². The number of anilines is 1. The number of morpholine rings is 1. The first-order chi connectivity index (χ1) is 14.6. The number of benzene rings is 1. The van der Waals surface area contributed by atoms with Gasteiger partial charge in [-0.1, -0.05) is 0 Å². The van der Waals surface area contributed by atoms with E-state index in [1.54, 1.807) is 21.3 Å². The van der Waals surface area contributed by atoms with E-state index in [0.717, 1.165) is 65.9 Å². The summed E-state index contributed by atoms with van der Waals surface area (Å²) in [5, 5.41) is 0. The molecular formula is C24H29NO5. The zero-order chi connectivity index (χ0) is 21.3. The number of aryl methyl sites for hydroxylation is 3. The average Bonchev–Trinajstić information content (AvgIpc) is 2.99. The summed E-state index contributed by atoms with van der Waals surface area (Å²) in [5.74, 6) is 1.89. The summed E-state index contributed by atoms with van der Waals surface area (Å²) in [5.41, 5.74) is 6.03. The van der Waals surface area contributed by atoms with Gasteiger partial charge >= 0.3 is 0 Å². The van der Waals surface area contributed by atoms with E-state index in [1.807, 2.05) is 19.1 Å². The molecule has 0 N–H and O–H groups in total. The van der Waals surface area contributed by atoms with E-state index in [0.29, 0.717) is 30.5 Å². The Kier molecular flexibility index (Phi) is 5.86. The molecule has 0 spiro atoms. The third kappa shape index (κ3) is 3.49. The fraction of sp³-hybridized carbons (Fsp3) is 0.458. The van der Waals surface area contributed by atoms with Gasteiger partial charge in [0.25, 0.3) is 0 Å². The van der Waals surface area contributed by atoms with Crippen LogP contribution in [0.5, 0.6) is 17.2 Å². The Morgan fingerprint density at radius 3 is 2.27 bits per heavy atom. The molecule has 6 heteroatoms. The summed E-state index contributed by atoms with van der Waals surface area (Å²) in [6.07, 6.45) is 2.67. The van der Waals surface area contributed by atoms with Crippen molar-refractivity contribution in [3.8, 4) is 28.4 Å². The number of ether oxygens (including phenoxy) is 4. The van der Waals surface area contributed by atoms with E-state index in [1.165, 1.54) is 0 Å². The molecule has 0 unspecified atom stereocenters. The molecule has 1 heterocycles. The summed E-state index contributed by atoms with van der Waals surface area (Å²) in [7, 11) is 4.90. The predicted molar refractivity (Wildman–Crippen MR) is 118 cm³/mol. The standard InChI is InChI=1S/C24H29NO5/c1-15-12-18-16(13-19(26)22(15)25-8-10-30-11-9-25)6-5-7-17-14-20(27-2)23(28-3)24(29-4)21(17)18/h12-14H,5-11H2,1-4H3. The largest absolute Gasteiger partial charge is 0.493 e. The normalized spacial score (nSPS) is 15.7. The molecule has 0 bridgehead atoms.